The number of nitrogens with one attached hydrogen (secondary N) is 1. The molecule has 0 aliphatic heterocycles. The summed E-state index contributed by atoms with van der Waals surface area (Å²) in [4.78, 5) is 12.7. The van der Waals surface area contributed by atoms with Gasteiger partial charge in [-0.05, 0) is 18.9 Å². The molecule has 33 heavy (non-hydrogen) atoms. The first-order valence-electron chi connectivity index (χ1n) is 9.29. The van der Waals surface area contributed by atoms with E-state index in [0.29, 0.717) is 24.4 Å². The van der Waals surface area contributed by atoms with E-state index in [2.05, 4.69) is 15.6 Å². The molecule has 0 unspecified atom stereocenters. The van der Waals surface area contributed by atoms with Crippen molar-refractivity contribution in [1.82, 2.24) is 20.3 Å². The van der Waals surface area contributed by atoms with Crippen molar-refractivity contribution in [3.63, 3.8) is 0 Å². The van der Waals surface area contributed by atoms with Crippen LogP contribution in [0.2, 0.25) is 4.34 Å². The van der Waals surface area contributed by atoms with E-state index >= 15 is 0 Å². The number of amides is 1. The summed E-state index contributed by atoms with van der Waals surface area (Å²) in [5.74, 6) is -4.46. The second-order valence-corrected chi connectivity index (χ2v) is 9.26. The van der Waals surface area contributed by atoms with Gasteiger partial charge in [0.1, 0.15) is 32.5 Å². The molecule has 1 N–H and O–H groups in total. The lowest BCUT2D eigenvalue weighted by Gasteiger charge is -2.12. The minimum absolute atomic E-state index is 0.0310. The third-order valence-electron chi connectivity index (χ3n) is 4.99. The molecule has 0 bridgehead atoms. The number of rotatable bonds is 5. The van der Waals surface area contributed by atoms with E-state index in [1.807, 2.05) is 6.07 Å². The van der Waals surface area contributed by atoms with Crippen LogP contribution < -0.4 is 5.32 Å². The molecule has 3 aromatic heterocycles. The van der Waals surface area contributed by atoms with Crippen LogP contribution in [0.4, 0.5) is 22.0 Å². The summed E-state index contributed by atoms with van der Waals surface area (Å²) in [6.07, 6.45) is -4.10. The standard InChI is InChI=1S/C19H13ClF5N5O2S/c1-17(21,22)14-12(19(23,24)25)13(30(2)28-14)9-6-10(32-29-9)11-5-8(15(20)33-11)16(31)27-18(7-26)3-4-18/h5-6H,3-4H2,1-2H3,(H,27,31). The first kappa shape index (κ1) is 23.2. The van der Waals surface area contributed by atoms with Crippen molar-refractivity contribution in [2.75, 3.05) is 0 Å². The fraction of sp³-hybridized carbons (Fsp3) is 0.368. The van der Waals surface area contributed by atoms with Crippen LogP contribution in [0.5, 0.6) is 0 Å². The summed E-state index contributed by atoms with van der Waals surface area (Å²) < 4.78 is 74.4. The molecule has 14 heteroatoms. The number of aromatic nitrogens is 3. The average molecular weight is 506 g/mol. The zero-order valence-corrected chi connectivity index (χ0v) is 18.4. The Kier molecular flexibility index (Phi) is 5.29. The van der Waals surface area contributed by atoms with E-state index in [-0.39, 0.29) is 26.2 Å². The molecule has 0 saturated heterocycles. The van der Waals surface area contributed by atoms with E-state index in [9.17, 15) is 26.7 Å². The Bertz CT molecular complexity index is 1290. The Labute approximate surface area is 191 Å². The van der Waals surface area contributed by atoms with Crippen LogP contribution in [0.1, 0.15) is 41.4 Å². The highest BCUT2D eigenvalue weighted by atomic mass is 35.5. The Hall–Kier alpha value is -2.98. The number of nitrogens with zero attached hydrogens (tertiary/aromatic N) is 4. The highest BCUT2D eigenvalue weighted by Crippen LogP contribution is 2.45. The summed E-state index contributed by atoms with van der Waals surface area (Å²) in [5.41, 5.74) is -4.98. The van der Waals surface area contributed by atoms with Gasteiger partial charge in [-0.15, -0.1) is 11.3 Å². The highest BCUT2D eigenvalue weighted by Gasteiger charge is 2.47. The van der Waals surface area contributed by atoms with Crippen LogP contribution in [0.25, 0.3) is 22.0 Å². The van der Waals surface area contributed by atoms with Gasteiger partial charge in [-0.1, -0.05) is 16.8 Å². The minimum atomic E-state index is -5.13. The lowest BCUT2D eigenvalue weighted by Crippen LogP contribution is -2.35. The van der Waals surface area contributed by atoms with E-state index in [4.69, 9.17) is 21.4 Å². The van der Waals surface area contributed by atoms with Gasteiger partial charge >= 0.3 is 6.18 Å². The Morgan fingerprint density at radius 2 is 2.00 bits per heavy atom. The van der Waals surface area contributed by atoms with Crippen molar-refractivity contribution in [3.8, 4) is 28.1 Å². The fourth-order valence-electron chi connectivity index (χ4n) is 3.22. The number of carbonyl (C=O) groups excluding carboxylic acids is 1. The molecular weight excluding hydrogens is 493 g/mol. The molecular formula is C19H13ClF5N5O2S. The van der Waals surface area contributed by atoms with Gasteiger partial charge in [0.2, 0.25) is 0 Å². The maximum absolute atomic E-state index is 13.8. The zero-order valence-electron chi connectivity index (χ0n) is 16.9. The molecule has 0 spiro atoms. The monoisotopic (exact) mass is 505 g/mol. The van der Waals surface area contributed by atoms with E-state index in [0.717, 1.165) is 24.5 Å². The van der Waals surface area contributed by atoms with Gasteiger partial charge in [0.25, 0.3) is 11.8 Å². The Morgan fingerprint density at radius 1 is 1.33 bits per heavy atom. The topological polar surface area (TPSA) is 96.7 Å². The number of thiophene rings is 1. The third-order valence-corrected chi connectivity index (χ3v) is 6.36. The second-order valence-electron chi connectivity index (χ2n) is 7.60. The van der Waals surface area contributed by atoms with Crippen LogP contribution in [0.15, 0.2) is 16.7 Å². The van der Waals surface area contributed by atoms with Gasteiger partial charge in [-0.2, -0.15) is 32.3 Å². The van der Waals surface area contributed by atoms with Gasteiger partial charge < -0.3 is 9.84 Å². The summed E-state index contributed by atoms with van der Waals surface area (Å²) >= 11 is 7.04. The SMILES string of the molecule is Cn1nc(C(C)(F)F)c(C(F)(F)F)c1-c1cc(-c2cc(C(=O)NC3(C#N)CC3)c(Cl)s2)on1. The van der Waals surface area contributed by atoms with Gasteiger partial charge in [0, 0.05) is 20.0 Å². The molecule has 0 aromatic carbocycles. The molecule has 1 fully saturated rings. The van der Waals surface area contributed by atoms with Crippen LogP contribution in [-0.2, 0) is 19.1 Å². The molecule has 0 atom stereocenters. The zero-order chi connectivity index (χ0) is 24.3. The maximum atomic E-state index is 13.8. The first-order chi connectivity index (χ1) is 15.3. The lowest BCUT2D eigenvalue weighted by atomic mass is 10.1. The van der Waals surface area contributed by atoms with Crippen LogP contribution in [-0.4, -0.2) is 26.4 Å². The molecule has 1 amide bonds. The van der Waals surface area contributed by atoms with Crippen molar-refractivity contribution < 1.29 is 31.3 Å². The number of hydrogen-bond donors (Lipinski definition) is 1. The summed E-state index contributed by atoms with van der Waals surface area (Å²) in [6, 6.07) is 4.48. The Balaban J connectivity index is 1.71. The van der Waals surface area contributed by atoms with Crippen molar-refractivity contribution in [2.45, 2.75) is 37.4 Å². The van der Waals surface area contributed by atoms with E-state index < -0.39 is 40.5 Å². The number of aryl methyl sites for hydroxylation is 1. The van der Waals surface area contributed by atoms with Gasteiger partial charge in [-0.25, -0.2) is 0 Å². The predicted octanol–water partition coefficient (Wildman–Crippen LogP) is 5.37. The summed E-state index contributed by atoms with van der Waals surface area (Å²) in [7, 11) is 1.08. The predicted molar refractivity (Wildman–Crippen MR) is 107 cm³/mol. The third kappa shape index (κ3) is 4.20. The largest absolute Gasteiger partial charge is 0.420 e. The lowest BCUT2D eigenvalue weighted by molar-refractivity contribution is -0.141. The van der Waals surface area contributed by atoms with Crippen molar-refractivity contribution >= 4 is 28.8 Å². The van der Waals surface area contributed by atoms with Gasteiger partial charge in [0.15, 0.2) is 5.76 Å². The number of nitriles is 1. The molecule has 3 aromatic rings. The molecule has 1 aliphatic rings. The minimum Gasteiger partial charge on any atom is -0.355 e. The molecule has 7 nitrogen and oxygen atoms in total. The Morgan fingerprint density at radius 3 is 2.55 bits per heavy atom. The number of alkyl halides is 5. The first-order valence-corrected chi connectivity index (χ1v) is 10.5. The van der Waals surface area contributed by atoms with Gasteiger partial charge in [-0.3, -0.25) is 9.48 Å². The summed E-state index contributed by atoms with van der Waals surface area (Å²) in [5, 5.41) is 18.7. The molecule has 174 valence electrons. The maximum Gasteiger partial charge on any atom is 0.420 e. The number of hydrogen-bond acceptors (Lipinski definition) is 6. The van der Waals surface area contributed by atoms with Crippen molar-refractivity contribution in [1.29, 1.82) is 5.26 Å². The molecule has 1 aliphatic carbocycles. The second kappa shape index (κ2) is 7.53. The smallest absolute Gasteiger partial charge is 0.355 e. The van der Waals surface area contributed by atoms with Crippen molar-refractivity contribution in [2.24, 2.45) is 7.05 Å². The van der Waals surface area contributed by atoms with Crippen LogP contribution in [0, 0.1) is 11.3 Å². The average Bonchev–Trinajstić information content (AvgIpc) is 3.05. The molecule has 0 radical (unpaired) electrons. The fourth-order valence-corrected chi connectivity index (χ4v) is 4.43. The molecule has 1 saturated carbocycles. The highest BCUT2D eigenvalue weighted by molar-refractivity contribution is 7.19. The normalized spacial score (nSPS) is 15.4. The van der Waals surface area contributed by atoms with E-state index in [1.165, 1.54) is 6.07 Å². The van der Waals surface area contributed by atoms with E-state index in [1.54, 1.807) is 0 Å². The molecule has 4 rings (SSSR count). The number of halogens is 6. The summed E-state index contributed by atoms with van der Waals surface area (Å²) in [6.45, 7) is 0.320. The number of carbonyl (C=O) groups is 1. The van der Waals surface area contributed by atoms with Crippen LogP contribution >= 0.6 is 22.9 Å². The van der Waals surface area contributed by atoms with Crippen LogP contribution in [0.3, 0.4) is 0 Å². The molecule has 3 heterocycles. The quantitative estimate of drug-likeness (QED) is 0.470. The van der Waals surface area contributed by atoms with Crippen molar-refractivity contribution in [3.05, 3.63) is 33.3 Å². The van der Waals surface area contributed by atoms with Gasteiger partial charge in [0.05, 0.1) is 16.5 Å².